The third-order valence-corrected chi connectivity index (χ3v) is 6.01. The first-order valence-electron chi connectivity index (χ1n) is 7.08. The van der Waals surface area contributed by atoms with Crippen LogP contribution in [0.4, 0.5) is 0 Å². The van der Waals surface area contributed by atoms with Crippen LogP contribution in [0.5, 0.6) is 0 Å². The number of hydrogen-bond donors (Lipinski definition) is 1. The molecule has 0 spiro atoms. The Labute approximate surface area is 131 Å². The van der Waals surface area contributed by atoms with Crippen LogP contribution in [0.3, 0.4) is 0 Å². The van der Waals surface area contributed by atoms with E-state index in [4.69, 9.17) is 18.0 Å². The topological polar surface area (TPSA) is 47.1 Å². The first-order chi connectivity index (χ1) is 9.47. The fraction of sp³-hybridized carbons (Fsp3) is 0.714. The molecule has 1 aromatic heterocycles. The van der Waals surface area contributed by atoms with Crippen molar-refractivity contribution in [2.75, 3.05) is 19.3 Å². The van der Waals surface area contributed by atoms with Gasteiger partial charge in [-0.2, -0.15) is 16.9 Å². The summed E-state index contributed by atoms with van der Waals surface area (Å²) in [7, 11) is 0. The fourth-order valence-corrected chi connectivity index (χ4v) is 3.85. The first kappa shape index (κ1) is 15.8. The Balaban J connectivity index is 1.92. The molecule has 2 heterocycles. The Hall–Kier alpha value is -0.590. The van der Waals surface area contributed by atoms with Gasteiger partial charge in [-0.15, -0.1) is 0 Å². The molecule has 1 fully saturated rings. The average molecular weight is 313 g/mol. The van der Waals surface area contributed by atoms with Crippen molar-refractivity contribution in [2.45, 2.75) is 44.0 Å². The molecule has 0 atom stereocenters. The third-order valence-electron chi connectivity index (χ3n) is 4.08. The fourth-order valence-electron chi connectivity index (χ4n) is 2.60. The normalized spacial score (nSPS) is 19.4. The SMILES string of the molecule is CSC1(C(N)=S)CCN(Cc2ccn(C(C)C)n2)CC1. The highest BCUT2D eigenvalue weighted by molar-refractivity contribution is 8.02. The molecule has 6 heteroatoms. The van der Waals surface area contributed by atoms with Gasteiger partial charge in [0.05, 0.1) is 15.4 Å². The summed E-state index contributed by atoms with van der Waals surface area (Å²) < 4.78 is 2.02. The molecule has 0 saturated carbocycles. The summed E-state index contributed by atoms with van der Waals surface area (Å²) in [6.07, 6.45) is 6.24. The van der Waals surface area contributed by atoms with Crippen LogP contribution in [0.1, 0.15) is 38.4 Å². The molecular formula is C14H24N4S2. The second-order valence-electron chi connectivity index (χ2n) is 5.72. The molecule has 20 heavy (non-hydrogen) atoms. The van der Waals surface area contributed by atoms with Crippen molar-refractivity contribution < 1.29 is 0 Å². The van der Waals surface area contributed by atoms with Crippen LogP contribution in [0.2, 0.25) is 0 Å². The summed E-state index contributed by atoms with van der Waals surface area (Å²) in [6, 6.07) is 2.54. The van der Waals surface area contributed by atoms with Crippen LogP contribution in [0, 0.1) is 0 Å². The number of aromatic nitrogens is 2. The van der Waals surface area contributed by atoms with Crippen molar-refractivity contribution in [3.8, 4) is 0 Å². The van der Waals surface area contributed by atoms with Gasteiger partial charge in [-0.25, -0.2) is 0 Å². The lowest BCUT2D eigenvalue weighted by atomic mass is 9.95. The van der Waals surface area contributed by atoms with E-state index in [9.17, 15) is 0 Å². The van der Waals surface area contributed by atoms with Gasteiger partial charge in [-0.05, 0) is 39.0 Å². The molecule has 1 aromatic rings. The van der Waals surface area contributed by atoms with Crippen molar-refractivity contribution in [3.05, 3.63) is 18.0 Å². The van der Waals surface area contributed by atoms with Crippen LogP contribution in [0.25, 0.3) is 0 Å². The minimum Gasteiger partial charge on any atom is -0.392 e. The molecule has 2 N–H and O–H groups in total. The van der Waals surface area contributed by atoms with Crippen LogP contribution >= 0.6 is 24.0 Å². The van der Waals surface area contributed by atoms with Gasteiger partial charge in [-0.1, -0.05) is 12.2 Å². The van der Waals surface area contributed by atoms with Gasteiger partial charge in [0, 0.05) is 31.9 Å². The largest absolute Gasteiger partial charge is 0.392 e. The zero-order valence-corrected chi connectivity index (χ0v) is 14.1. The Bertz CT molecular complexity index is 461. The molecule has 0 bridgehead atoms. The molecule has 0 radical (unpaired) electrons. The zero-order chi connectivity index (χ0) is 14.8. The van der Waals surface area contributed by atoms with E-state index in [-0.39, 0.29) is 4.75 Å². The third kappa shape index (κ3) is 3.35. The van der Waals surface area contributed by atoms with Crippen LogP contribution < -0.4 is 5.73 Å². The lowest BCUT2D eigenvalue weighted by Gasteiger charge is -2.39. The van der Waals surface area contributed by atoms with E-state index in [0.29, 0.717) is 11.0 Å². The van der Waals surface area contributed by atoms with Crippen molar-refractivity contribution in [3.63, 3.8) is 0 Å². The van der Waals surface area contributed by atoms with E-state index in [1.54, 1.807) is 11.8 Å². The Kier molecular flexibility index (Phi) is 5.09. The molecule has 0 amide bonds. The summed E-state index contributed by atoms with van der Waals surface area (Å²) >= 11 is 7.05. The zero-order valence-electron chi connectivity index (χ0n) is 12.5. The maximum absolute atomic E-state index is 5.92. The molecule has 4 nitrogen and oxygen atoms in total. The molecule has 1 aliphatic rings. The predicted molar refractivity (Wildman–Crippen MR) is 90.2 cm³/mol. The van der Waals surface area contributed by atoms with Gasteiger partial charge < -0.3 is 5.73 Å². The summed E-state index contributed by atoms with van der Waals surface area (Å²) in [5, 5.41) is 4.61. The number of hydrogen-bond acceptors (Lipinski definition) is 4. The van der Waals surface area contributed by atoms with Gasteiger partial charge >= 0.3 is 0 Å². The molecule has 1 saturated heterocycles. The highest BCUT2D eigenvalue weighted by Crippen LogP contribution is 2.35. The molecule has 2 rings (SSSR count). The monoisotopic (exact) mass is 312 g/mol. The Morgan fingerprint density at radius 3 is 2.60 bits per heavy atom. The maximum atomic E-state index is 5.92. The number of piperidine rings is 1. The van der Waals surface area contributed by atoms with Crippen LogP contribution in [0.15, 0.2) is 12.3 Å². The Morgan fingerprint density at radius 1 is 1.50 bits per heavy atom. The molecule has 0 unspecified atom stereocenters. The number of nitrogens with two attached hydrogens (primary N) is 1. The molecule has 0 aromatic carbocycles. The second-order valence-corrected chi connectivity index (χ2v) is 7.35. The molecule has 0 aliphatic carbocycles. The van der Waals surface area contributed by atoms with Gasteiger partial charge in [0.25, 0.3) is 0 Å². The van der Waals surface area contributed by atoms with E-state index in [0.717, 1.165) is 38.2 Å². The van der Waals surface area contributed by atoms with Crippen molar-refractivity contribution in [1.29, 1.82) is 0 Å². The van der Waals surface area contributed by atoms with Crippen molar-refractivity contribution in [2.24, 2.45) is 5.73 Å². The van der Waals surface area contributed by atoms with E-state index in [1.165, 1.54) is 0 Å². The van der Waals surface area contributed by atoms with Crippen LogP contribution in [-0.2, 0) is 6.54 Å². The highest BCUT2D eigenvalue weighted by Gasteiger charge is 2.36. The number of thiocarbonyl (C=S) groups is 1. The van der Waals surface area contributed by atoms with Gasteiger partial charge in [-0.3, -0.25) is 9.58 Å². The number of rotatable bonds is 5. The quantitative estimate of drug-likeness (QED) is 0.846. The van der Waals surface area contributed by atoms with Gasteiger partial charge in [0.1, 0.15) is 0 Å². The van der Waals surface area contributed by atoms with E-state index >= 15 is 0 Å². The molecular weight excluding hydrogens is 288 g/mol. The van der Waals surface area contributed by atoms with Crippen molar-refractivity contribution in [1.82, 2.24) is 14.7 Å². The summed E-state index contributed by atoms with van der Waals surface area (Å²) in [4.78, 5) is 3.11. The van der Waals surface area contributed by atoms with E-state index < -0.39 is 0 Å². The smallest absolute Gasteiger partial charge is 0.0891 e. The highest BCUT2D eigenvalue weighted by atomic mass is 32.2. The first-order valence-corrected chi connectivity index (χ1v) is 8.71. The molecule has 1 aliphatic heterocycles. The van der Waals surface area contributed by atoms with Gasteiger partial charge in [0.2, 0.25) is 0 Å². The van der Waals surface area contributed by atoms with Crippen LogP contribution in [-0.4, -0.2) is 43.8 Å². The minimum absolute atomic E-state index is 0.00310. The lowest BCUT2D eigenvalue weighted by molar-refractivity contribution is 0.209. The predicted octanol–water partition coefficient (Wildman–Crippen LogP) is 2.45. The Morgan fingerprint density at radius 2 is 2.15 bits per heavy atom. The van der Waals surface area contributed by atoms with E-state index in [2.05, 4.69) is 42.4 Å². The molecule has 112 valence electrons. The van der Waals surface area contributed by atoms with E-state index in [1.807, 2.05) is 4.68 Å². The minimum atomic E-state index is 0.00310. The second kappa shape index (κ2) is 6.45. The standard InChI is InChI=1S/C14H24N4S2/c1-11(2)18-7-4-12(16-18)10-17-8-5-14(20-3,6-9-17)13(15)19/h4,7,11H,5-6,8-10H2,1-3H3,(H2,15,19). The number of likely N-dealkylation sites (tertiary alicyclic amines) is 1. The summed E-state index contributed by atoms with van der Waals surface area (Å²) in [5.41, 5.74) is 7.07. The summed E-state index contributed by atoms with van der Waals surface area (Å²) in [5.74, 6) is 0. The van der Waals surface area contributed by atoms with Crippen molar-refractivity contribution >= 4 is 29.0 Å². The maximum Gasteiger partial charge on any atom is 0.0891 e. The average Bonchev–Trinajstić information content (AvgIpc) is 2.88. The number of nitrogens with zero attached hydrogens (tertiary/aromatic N) is 3. The van der Waals surface area contributed by atoms with Gasteiger partial charge in [0.15, 0.2) is 0 Å². The number of thioether (sulfide) groups is 1. The summed E-state index contributed by atoms with van der Waals surface area (Å²) in [6.45, 7) is 7.28. The lowest BCUT2D eigenvalue weighted by Crippen LogP contribution is -2.49.